The van der Waals surface area contributed by atoms with E-state index < -0.39 is 0 Å². The summed E-state index contributed by atoms with van der Waals surface area (Å²) in [7, 11) is 0. The van der Waals surface area contributed by atoms with E-state index in [0.717, 1.165) is 25.9 Å². The fourth-order valence-electron chi connectivity index (χ4n) is 3.23. The van der Waals surface area contributed by atoms with Gasteiger partial charge in [-0.1, -0.05) is 67.6 Å². The van der Waals surface area contributed by atoms with Gasteiger partial charge in [-0.3, -0.25) is 0 Å². The van der Waals surface area contributed by atoms with E-state index in [9.17, 15) is 0 Å². The minimum atomic E-state index is 0.999. The fraction of sp³-hybridized carbons (Fsp3) is 0.318. The maximum atomic E-state index is 2.44. The van der Waals surface area contributed by atoms with E-state index in [2.05, 4.69) is 89.1 Å². The highest BCUT2D eigenvalue weighted by molar-refractivity contribution is 5.18. The first-order valence-corrected chi connectivity index (χ1v) is 9.02. The summed E-state index contributed by atoms with van der Waals surface area (Å²) >= 11 is 0. The van der Waals surface area contributed by atoms with Crippen LogP contribution < -0.4 is 4.57 Å². The van der Waals surface area contributed by atoms with Gasteiger partial charge in [-0.2, -0.15) is 0 Å². The number of imidazole rings is 1. The van der Waals surface area contributed by atoms with Crippen molar-refractivity contribution in [1.82, 2.24) is 4.57 Å². The molecular weight excluding hydrogens is 292 g/mol. The second kappa shape index (κ2) is 8.49. The molecule has 2 aromatic carbocycles. The monoisotopic (exact) mass is 319 g/mol. The zero-order valence-electron chi connectivity index (χ0n) is 14.6. The summed E-state index contributed by atoms with van der Waals surface area (Å²) in [6.45, 7) is 4.41. The van der Waals surface area contributed by atoms with Crippen molar-refractivity contribution in [2.24, 2.45) is 0 Å². The van der Waals surface area contributed by atoms with E-state index in [0.29, 0.717) is 0 Å². The van der Waals surface area contributed by atoms with Gasteiger partial charge in [0.2, 0.25) is 0 Å². The Morgan fingerprint density at radius 3 is 2.21 bits per heavy atom. The van der Waals surface area contributed by atoms with Crippen LogP contribution in [0, 0.1) is 0 Å². The Hall–Kier alpha value is -2.35. The summed E-state index contributed by atoms with van der Waals surface area (Å²) in [4.78, 5) is 0. The van der Waals surface area contributed by atoms with Crippen molar-refractivity contribution in [3.05, 3.63) is 90.0 Å². The summed E-state index contributed by atoms with van der Waals surface area (Å²) in [6.07, 6.45) is 8.97. The van der Waals surface area contributed by atoms with E-state index in [1.807, 2.05) is 0 Å². The van der Waals surface area contributed by atoms with E-state index in [1.165, 1.54) is 29.8 Å². The number of hydrogen-bond donors (Lipinski definition) is 0. The molecular formula is C22H27N2+. The molecule has 3 aromatic rings. The Labute approximate surface area is 145 Å². The molecule has 0 fully saturated rings. The first-order valence-electron chi connectivity index (χ1n) is 9.02. The van der Waals surface area contributed by atoms with Gasteiger partial charge in [0.05, 0.1) is 19.5 Å². The van der Waals surface area contributed by atoms with Gasteiger partial charge in [0.1, 0.15) is 12.4 Å². The van der Waals surface area contributed by atoms with Gasteiger partial charge < -0.3 is 0 Å². The zero-order valence-corrected chi connectivity index (χ0v) is 14.6. The Kier molecular flexibility index (Phi) is 5.84. The van der Waals surface area contributed by atoms with Crippen LogP contribution in [0.3, 0.4) is 0 Å². The van der Waals surface area contributed by atoms with Crippen molar-refractivity contribution in [2.75, 3.05) is 0 Å². The van der Waals surface area contributed by atoms with E-state index in [1.54, 1.807) is 0 Å². The minimum absolute atomic E-state index is 0.999. The standard InChI is InChI=1S/C22H27N2/c1-2-15-23-17-18-24(16-9-14-20-10-5-3-6-11-20)22(23)19-21-12-7-4-8-13-21/h3-8,10-13,17-18H,2,9,14-16,19H2,1H3/q+1. The van der Waals surface area contributed by atoms with Crippen molar-refractivity contribution >= 4 is 0 Å². The Morgan fingerprint density at radius 2 is 1.54 bits per heavy atom. The van der Waals surface area contributed by atoms with Crippen LogP contribution in [-0.2, 0) is 25.9 Å². The van der Waals surface area contributed by atoms with Crippen molar-refractivity contribution < 1.29 is 4.57 Å². The highest BCUT2D eigenvalue weighted by atomic mass is 15.1. The SMILES string of the molecule is CCCn1cc[n+](CCCc2ccccc2)c1Cc1ccccc1. The molecule has 0 N–H and O–H groups in total. The van der Waals surface area contributed by atoms with Gasteiger partial charge in [0, 0.05) is 0 Å². The van der Waals surface area contributed by atoms with E-state index in [-0.39, 0.29) is 0 Å². The molecule has 0 saturated carbocycles. The molecule has 0 spiro atoms. The van der Waals surface area contributed by atoms with Crippen LogP contribution in [0.4, 0.5) is 0 Å². The van der Waals surface area contributed by atoms with Crippen molar-refractivity contribution in [2.45, 2.75) is 45.7 Å². The van der Waals surface area contributed by atoms with Crippen LogP contribution in [0.2, 0.25) is 0 Å². The molecule has 0 radical (unpaired) electrons. The number of rotatable bonds is 8. The molecule has 0 aliphatic rings. The lowest BCUT2D eigenvalue weighted by Gasteiger charge is -2.06. The number of aryl methyl sites for hydroxylation is 3. The minimum Gasteiger partial charge on any atom is -0.234 e. The van der Waals surface area contributed by atoms with Gasteiger partial charge in [0.15, 0.2) is 0 Å². The maximum absolute atomic E-state index is 2.44. The van der Waals surface area contributed by atoms with Crippen molar-refractivity contribution in [3.8, 4) is 0 Å². The lowest BCUT2D eigenvalue weighted by atomic mass is 10.1. The van der Waals surface area contributed by atoms with Crippen LogP contribution in [0.15, 0.2) is 73.1 Å². The summed E-state index contributed by atoms with van der Waals surface area (Å²) in [5.41, 5.74) is 2.81. The number of benzene rings is 2. The topological polar surface area (TPSA) is 8.81 Å². The van der Waals surface area contributed by atoms with Gasteiger partial charge in [0.25, 0.3) is 5.82 Å². The molecule has 0 unspecified atom stereocenters. The van der Waals surface area contributed by atoms with Gasteiger partial charge in [-0.15, -0.1) is 0 Å². The molecule has 0 atom stereocenters. The molecule has 124 valence electrons. The summed E-state index contributed by atoms with van der Waals surface area (Å²) in [6, 6.07) is 21.6. The molecule has 0 aliphatic heterocycles. The summed E-state index contributed by atoms with van der Waals surface area (Å²) < 4.78 is 4.85. The molecule has 0 amide bonds. The highest BCUT2D eigenvalue weighted by Gasteiger charge is 2.16. The molecule has 0 aliphatic carbocycles. The first kappa shape index (κ1) is 16.5. The lowest BCUT2D eigenvalue weighted by Crippen LogP contribution is -2.37. The second-order valence-electron chi connectivity index (χ2n) is 6.35. The molecule has 0 bridgehead atoms. The van der Waals surface area contributed by atoms with Gasteiger partial charge >= 0.3 is 0 Å². The first-order chi connectivity index (χ1) is 11.9. The van der Waals surface area contributed by atoms with Crippen LogP contribution >= 0.6 is 0 Å². The van der Waals surface area contributed by atoms with Crippen LogP contribution in [0.1, 0.15) is 36.7 Å². The number of aromatic nitrogens is 2. The molecule has 1 heterocycles. The Balaban J connectivity index is 1.70. The average Bonchev–Trinajstić information content (AvgIpc) is 2.99. The largest absolute Gasteiger partial charge is 0.260 e. The van der Waals surface area contributed by atoms with Crippen LogP contribution in [-0.4, -0.2) is 4.57 Å². The molecule has 0 saturated heterocycles. The Morgan fingerprint density at radius 1 is 0.875 bits per heavy atom. The van der Waals surface area contributed by atoms with E-state index in [4.69, 9.17) is 0 Å². The number of hydrogen-bond acceptors (Lipinski definition) is 0. The third kappa shape index (κ3) is 4.35. The number of nitrogens with zero attached hydrogens (tertiary/aromatic N) is 2. The summed E-state index contributed by atoms with van der Waals surface area (Å²) in [5.74, 6) is 1.41. The average molecular weight is 319 g/mol. The predicted octanol–water partition coefficient (Wildman–Crippen LogP) is 4.41. The van der Waals surface area contributed by atoms with Crippen molar-refractivity contribution in [1.29, 1.82) is 0 Å². The third-order valence-electron chi connectivity index (χ3n) is 4.47. The Bertz CT molecular complexity index is 729. The quantitative estimate of drug-likeness (QED) is 0.544. The van der Waals surface area contributed by atoms with Crippen LogP contribution in [0.5, 0.6) is 0 Å². The lowest BCUT2D eigenvalue weighted by molar-refractivity contribution is -0.703. The molecule has 2 heteroatoms. The van der Waals surface area contributed by atoms with Gasteiger partial charge in [-0.25, -0.2) is 9.13 Å². The van der Waals surface area contributed by atoms with Gasteiger partial charge in [-0.05, 0) is 30.4 Å². The molecule has 24 heavy (non-hydrogen) atoms. The normalized spacial score (nSPS) is 10.9. The highest BCUT2D eigenvalue weighted by Crippen LogP contribution is 2.09. The predicted molar refractivity (Wildman–Crippen MR) is 98.9 cm³/mol. The summed E-state index contributed by atoms with van der Waals surface area (Å²) in [5, 5.41) is 0. The molecule has 2 nitrogen and oxygen atoms in total. The second-order valence-corrected chi connectivity index (χ2v) is 6.35. The van der Waals surface area contributed by atoms with Crippen molar-refractivity contribution in [3.63, 3.8) is 0 Å². The van der Waals surface area contributed by atoms with Crippen LogP contribution in [0.25, 0.3) is 0 Å². The fourth-order valence-corrected chi connectivity index (χ4v) is 3.23. The zero-order chi connectivity index (χ0) is 16.6. The third-order valence-corrected chi connectivity index (χ3v) is 4.47. The maximum Gasteiger partial charge on any atom is 0.260 e. The molecule has 1 aromatic heterocycles. The molecule has 3 rings (SSSR count). The van der Waals surface area contributed by atoms with E-state index >= 15 is 0 Å². The smallest absolute Gasteiger partial charge is 0.234 e.